The minimum absolute atomic E-state index is 0.0947. The lowest BCUT2D eigenvalue weighted by molar-refractivity contribution is 0.0746. The van der Waals surface area contributed by atoms with E-state index in [2.05, 4.69) is 25.7 Å². The minimum Gasteiger partial charge on any atom is -0.494 e. The van der Waals surface area contributed by atoms with Crippen molar-refractivity contribution < 1.29 is 9.53 Å². The van der Waals surface area contributed by atoms with Crippen LogP contribution in [0.2, 0.25) is 0 Å². The number of amides is 1. The number of fused-ring (bicyclic) bond motifs is 3. The van der Waals surface area contributed by atoms with E-state index < -0.39 is 0 Å². The first-order chi connectivity index (χ1) is 18.1. The van der Waals surface area contributed by atoms with Crippen molar-refractivity contribution in [3.63, 3.8) is 0 Å². The van der Waals surface area contributed by atoms with E-state index in [0.29, 0.717) is 25.6 Å². The molecule has 6 nitrogen and oxygen atoms in total. The third-order valence-electron chi connectivity index (χ3n) is 7.85. The summed E-state index contributed by atoms with van der Waals surface area (Å²) in [5.41, 5.74) is 2.21. The van der Waals surface area contributed by atoms with Gasteiger partial charge >= 0.3 is 0 Å². The van der Waals surface area contributed by atoms with Crippen molar-refractivity contribution in [3.05, 3.63) is 46.1 Å². The lowest BCUT2D eigenvalue weighted by atomic mass is 10.1. The topological polar surface area (TPSA) is 58.6 Å². The molecular formula is C30H40N4O2S. The van der Waals surface area contributed by atoms with Crippen LogP contribution < -0.4 is 9.64 Å². The van der Waals surface area contributed by atoms with Crippen molar-refractivity contribution in [2.24, 2.45) is 0 Å². The molecular weight excluding hydrogens is 480 g/mol. The second-order valence-corrected chi connectivity index (χ2v) is 11.5. The molecule has 2 aliphatic rings. The van der Waals surface area contributed by atoms with Crippen LogP contribution in [0, 0.1) is 0 Å². The zero-order chi connectivity index (χ0) is 25.8. The number of anilines is 1. The second-order valence-electron chi connectivity index (χ2n) is 10.5. The summed E-state index contributed by atoms with van der Waals surface area (Å²) in [5.74, 6) is 3.32. The fourth-order valence-electron chi connectivity index (χ4n) is 5.29. The van der Waals surface area contributed by atoms with E-state index in [4.69, 9.17) is 14.7 Å². The zero-order valence-corrected chi connectivity index (χ0v) is 23.4. The summed E-state index contributed by atoms with van der Waals surface area (Å²) in [4.78, 5) is 30.5. The number of carbonyl (C=O) groups excluding carboxylic acids is 1. The van der Waals surface area contributed by atoms with Crippen molar-refractivity contribution in [2.45, 2.75) is 78.1 Å². The molecule has 1 aliphatic carbocycles. The Morgan fingerprint density at radius 3 is 2.51 bits per heavy atom. The summed E-state index contributed by atoms with van der Waals surface area (Å²) in [6.07, 6.45) is 9.29. The van der Waals surface area contributed by atoms with Crippen LogP contribution >= 0.6 is 11.3 Å². The molecule has 1 amide bonds. The number of hydrogen-bond donors (Lipinski definition) is 0. The maximum absolute atomic E-state index is 13.2. The van der Waals surface area contributed by atoms with Gasteiger partial charge in [0.05, 0.1) is 12.0 Å². The predicted octanol–water partition coefficient (Wildman–Crippen LogP) is 6.62. The molecule has 0 N–H and O–H groups in total. The summed E-state index contributed by atoms with van der Waals surface area (Å²) in [6.45, 7) is 10.3. The minimum atomic E-state index is 0.0947. The molecule has 0 radical (unpaired) electrons. The Morgan fingerprint density at radius 1 is 1.03 bits per heavy atom. The third-order valence-corrected chi connectivity index (χ3v) is 9.04. The number of hydrogen-bond acceptors (Lipinski definition) is 6. The molecule has 1 atom stereocenters. The first-order valence-corrected chi connectivity index (χ1v) is 15.0. The maximum Gasteiger partial charge on any atom is 0.253 e. The van der Waals surface area contributed by atoms with E-state index in [-0.39, 0.29) is 5.91 Å². The van der Waals surface area contributed by atoms with Crippen molar-refractivity contribution in [1.29, 1.82) is 0 Å². The molecule has 2 aromatic heterocycles. The van der Waals surface area contributed by atoms with E-state index in [0.717, 1.165) is 66.6 Å². The highest BCUT2D eigenvalue weighted by atomic mass is 32.1. The Hall–Kier alpha value is -2.67. The standard InChI is InChI=1S/C30H40N4O2S/c1-4-6-20-36-23-14-12-22(13-15-23)30(35)34-18-16-33(17-19-34)28-26-24-10-8-7-9-11-25(24)37-29(26)32-27(31-28)21(3)5-2/h12-15,21H,4-11,16-20H2,1-3H3/t21-/m1/s1. The largest absolute Gasteiger partial charge is 0.494 e. The molecule has 37 heavy (non-hydrogen) atoms. The molecule has 7 heteroatoms. The van der Waals surface area contributed by atoms with Crippen LogP contribution in [0.4, 0.5) is 5.82 Å². The van der Waals surface area contributed by atoms with Crippen LogP contribution in [-0.2, 0) is 12.8 Å². The Kier molecular flexibility index (Phi) is 8.28. The molecule has 3 heterocycles. The van der Waals surface area contributed by atoms with Gasteiger partial charge in [0.2, 0.25) is 0 Å². The summed E-state index contributed by atoms with van der Waals surface area (Å²) in [6, 6.07) is 7.61. The Bertz CT molecular complexity index is 1210. The van der Waals surface area contributed by atoms with E-state index in [1.54, 1.807) is 0 Å². The fourth-order valence-corrected chi connectivity index (χ4v) is 6.56. The van der Waals surface area contributed by atoms with Crippen molar-refractivity contribution in [3.8, 4) is 5.75 Å². The molecule has 5 rings (SSSR count). The van der Waals surface area contributed by atoms with Gasteiger partial charge in [-0.3, -0.25) is 4.79 Å². The molecule has 0 spiro atoms. The highest BCUT2D eigenvalue weighted by molar-refractivity contribution is 7.19. The van der Waals surface area contributed by atoms with Gasteiger partial charge in [-0.25, -0.2) is 9.97 Å². The molecule has 0 unspecified atom stereocenters. The maximum atomic E-state index is 13.2. The molecule has 1 fully saturated rings. The van der Waals surface area contributed by atoms with Gasteiger partial charge in [0.15, 0.2) is 0 Å². The average Bonchev–Trinajstić information content (AvgIpc) is 3.13. The van der Waals surface area contributed by atoms with Crippen LogP contribution in [0.1, 0.15) is 91.8 Å². The third kappa shape index (κ3) is 5.62. The first-order valence-electron chi connectivity index (χ1n) is 14.2. The van der Waals surface area contributed by atoms with Crippen molar-refractivity contribution in [1.82, 2.24) is 14.9 Å². The van der Waals surface area contributed by atoms with Gasteiger partial charge in [0.25, 0.3) is 5.91 Å². The summed E-state index contributed by atoms with van der Waals surface area (Å²) in [5, 5.41) is 1.28. The molecule has 1 saturated heterocycles. The number of benzene rings is 1. The van der Waals surface area contributed by atoms with Crippen LogP contribution in [0.5, 0.6) is 5.75 Å². The van der Waals surface area contributed by atoms with E-state index in [1.165, 1.54) is 41.5 Å². The lowest BCUT2D eigenvalue weighted by Gasteiger charge is -2.36. The fraction of sp³-hybridized carbons (Fsp3) is 0.567. The highest BCUT2D eigenvalue weighted by Gasteiger charge is 2.28. The first kappa shape index (κ1) is 26.0. The van der Waals surface area contributed by atoms with Gasteiger partial charge in [-0.2, -0.15) is 0 Å². The number of thiophene rings is 1. The molecule has 3 aromatic rings. The molecule has 198 valence electrons. The van der Waals surface area contributed by atoms with Crippen LogP contribution in [0.15, 0.2) is 24.3 Å². The molecule has 1 aliphatic heterocycles. The number of piperazine rings is 1. The van der Waals surface area contributed by atoms with Crippen LogP contribution in [0.3, 0.4) is 0 Å². The summed E-state index contributed by atoms with van der Waals surface area (Å²) < 4.78 is 5.76. The Morgan fingerprint density at radius 2 is 1.78 bits per heavy atom. The molecule has 0 saturated carbocycles. The predicted molar refractivity (Wildman–Crippen MR) is 152 cm³/mol. The second kappa shape index (κ2) is 11.8. The van der Waals surface area contributed by atoms with Gasteiger partial charge < -0.3 is 14.5 Å². The normalized spacial score (nSPS) is 16.9. The SMILES string of the molecule is CCCCOc1ccc(C(=O)N2CCN(c3nc([C@H](C)CC)nc4sc5c(c34)CCCCC5)CC2)cc1. The summed E-state index contributed by atoms with van der Waals surface area (Å²) in [7, 11) is 0. The smallest absolute Gasteiger partial charge is 0.253 e. The zero-order valence-electron chi connectivity index (χ0n) is 22.6. The Labute approximate surface area is 225 Å². The number of aromatic nitrogens is 2. The van der Waals surface area contributed by atoms with Gasteiger partial charge in [0, 0.05) is 42.5 Å². The number of aryl methyl sites for hydroxylation is 2. The van der Waals surface area contributed by atoms with E-state index >= 15 is 0 Å². The number of ether oxygens (including phenoxy) is 1. The average molecular weight is 521 g/mol. The van der Waals surface area contributed by atoms with Gasteiger partial charge in [0.1, 0.15) is 22.2 Å². The number of rotatable bonds is 8. The van der Waals surface area contributed by atoms with Gasteiger partial charge in [-0.1, -0.05) is 33.6 Å². The molecule has 0 bridgehead atoms. The summed E-state index contributed by atoms with van der Waals surface area (Å²) >= 11 is 1.89. The monoisotopic (exact) mass is 520 g/mol. The van der Waals surface area contributed by atoms with Crippen molar-refractivity contribution in [2.75, 3.05) is 37.7 Å². The van der Waals surface area contributed by atoms with Gasteiger partial charge in [-0.05, 0) is 68.4 Å². The highest BCUT2D eigenvalue weighted by Crippen LogP contribution is 2.40. The quantitative estimate of drug-likeness (QED) is 0.247. The van der Waals surface area contributed by atoms with Crippen LogP contribution in [-0.4, -0.2) is 53.6 Å². The number of unbranched alkanes of at least 4 members (excludes halogenated alkanes) is 1. The van der Waals surface area contributed by atoms with E-state index in [9.17, 15) is 4.79 Å². The van der Waals surface area contributed by atoms with E-state index in [1.807, 2.05) is 40.5 Å². The number of carbonyl (C=O) groups is 1. The Balaban J connectivity index is 1.34. The number of nitrogens with zero attached hydrogens (tertiary/aromatic N) is 4. The molecule has 1 aromatic carbocycles. The van der Waals surface area contributed by atoms with Crippen molar-refractivity contribution >= 4 is 33.3 Å². The van der Waals surface area contributed by atoms with Crippen LogP contribution in [0.25, 0.3) is 10.2 Å². The lowest BCUT2D eigenvalue weighted by Crippen LogP contribution is -2.49. The van der Waals surface area contributed by atoms with Gasteiger partial charge in [-0.15, -0.1) is 11.3 Å².